The van der Waals surface area contributed by atoms with Crippen molar-refractivity contribution in [3.63, 3.8) is 0 Å². The molecule has 126 valence electrons. The lowest BCUT2D eigenvalue weighted by molar-refractivity contribution is 0.232. The van der Waals surface area contributed by atoms with Gasteiger partial charge in [0.15, 0.2) is 0 Å². The maximum absolute atomic E-state index is 5.16. The van der Waals surface area contributed by atoms with Gasteiger partial charge in [-0.05, 0) is 43.1 Å². The fourth-order valence-corrected chi connectivity index (χ4v) is 5.27. The first-order valence-corrected chi connectivity index (χ1v) is 9.48. The van der Waals surface area contributed by atoms with Crippen LogP contribution >= 0.6 is 0 Å². The fourth-order valence-electron chi connectivity index (χ4n) is 5.27. The first-order chi connectivity index (χ1) is 12.1. The lowest BCUT2D eigenvalue weighted by Crippen LogP contribution is -2.33. The van der Waals surface area contributed by atoms with Gasteiger partial charge in [-0.2, -0.15) is 0 Å². The molecule has 3 aromatic rings. The van der Waals surface area contributed by atoms with Crippen LogP contribution in [0.5, 0.6) is 0 Å². The monoisotopic (exact) mass is 328 g/mol. The Morgan fingerprint density at radius 3 is 2.40 bits per heavy atom. The second-order valence-corrected chi connectivity index (χ2v) is 8.31. The maximum atomic E-state index is 5.16. The predicted octanol–water partition coefficient (Wildman–Crippen LogP) is 5.62. The lowest BCUT2D eigenvalue weighted by Gasteiger charge is -2.35. The summed E-state index contributed by atoms with van der Waals surface area (Å²) in [6.07, 6.45) is 3.93. The summed E-state index contributed by atoms with van der Waals surface area (Å²) in [6.45, 7) is 4.82. The average molecular weight is 328 g/mol. The van der Waals surface area contributed by atoms with Gasteiger partial charge in [-0.25, -0.2) is 9.97 Å². The van der Waals surface area contributed by atoms with Gasteiger partial charge in [-0.3, -0.25) is 0 Å². The fraction of sp³-hybridized carbons (Fsp3) is 0.391. The third kappa shape index (κ3) is 2.23. The molecule has 2 bridgehead atoms. The minimum Gasteiger partial charge on any atom is -0.232 e. The first-order valence-electron chi connectivity index (χ1n) is 9.48. The summed E-state index contributed by atoms with van der Waals surface area (Å²) in [5.74, 6) is 3.51. The Balaban J connectivity index is 1.71. The van der Waals surface area contributed by atoms with E-state index in [-0.39, 0.29) is 5.41 Å². The van der Waals surface area contributed by atoms with Gasteiger partial charge in [0.1, 0.15) is 5.82 Å². The van der Waals surface area contributed by atoms with E-state index in [1.165, 1.54) is 24.8 Å². The molecule has 0 amide bonds. The SMILES string of the molecule is CC1C[C@@H]2C[C@H]1CC2(C)c1nc(-c2ccccc2)c2ccccc2n1. The molecular formula is C23H24N2. The summed E-state index contributed by atoms with van der Waals surface area (Å²) in [5.41, 5.74) is 3.47. The Bertz CT molecular complexity index is 931. The van der Waals surface area contributed by atoms with Gasteiger partial charge in [0.2, 0.25) is 0 Å². The van der Waals surface area contributed by atoms with Gasteiger partial charge in [0.25, 0.3) is 0 Å². The summed E-state index contributed by atoms with van der Waals surface area (Å²) in [6, 6.07) is 19.0. The van der Waals surface area contributed by atoms with E-state index < -0.39 is 0 Å². The Labute approximate surface area is 149 Å². The highest BCUT2D eigenvalue weighted by molar-refractivity contribution is 5.92. The third-order valence-electron chi connectivity index (χ3n) is 6.80. The number of fused-ring (bicyclic) bond motifs is 3. The molecule has 1 heterocycles. The number of rotatable bonds is 2. The molecule has 2 nitrogen and oxygen atoms in total. The summed E-state index contributed by atoms with van der Waals surface area (Å²) in [4.78, 5) is 10.2. The average Bonchev–Trinajstić information content (AvgIpc) is 3.18. The topological polar surface area (TPSA) is 25.8 Å². The van der Waals surface area contributed by atoms with Gasteiger partial charge >= 0.3 is 0 Å². The zero-order valence-electron chi connectivity index (χ0n) is 14.9. The minimum atomic E-state index is 0.130. The molecule has 0 spiro atoms. The Kier molecular flexibility index (Phi) is 3.25. The van der Waals surface area contributed by atoms with Crippen LogP contribution in [0.1, 0.15) is 38.9 Å². The highest BCUT2D eigenvalue weighted by atomic mass is 14.9. The normalized spacial score (nSPS) is 30.9. The predicted molar refractivity (Wildman–Crippen MR) is 102 cm³/mol. The summed E-state index contributed by atoms with van der Waals surface area (Å²) >= 11 is 0. The van der Waals surface area contributed by atoms with Crippen LogP contribution < -0.4 is 0 Å². The molecule has 2 heteroatoms. The van der Waals surface area contributed by atoms with Crippen LogP contribution in [0.15, 0.2) is 54.6 Å². The van der Waals surface area contributed by atoms with E-state index in [9.17, 15) is 0 Å². The number of hydrogen-bond donors (Lipinski definition) is 0. The zero-order valence-corrected chi connectivity index (χ0v) is 14.9. The molecule has 2 aliphatic rings. The molecule has 2 fully saturated rings. The van der Waals surface area contributed by atoms with Crippen LogP contribution in [0.4, 0.5) is 0 Å². The van der Waals surface area contributed by atoms with E-state index >= 15 is 0 Å². The summed E-state index contributed by atoms with van der Waals surface area (Å²) in [5, 5.41) is 1.15. The van der Waals surface area contributed by atoms with Crippen LogP contribution in [0.25, 0.3) is 22.2 Å². The van der Waals surface area contributed by atoms with Crippen LogP contribution in [-0.4, -0.2) is 9.97 Å². The Morgan fingerprint density at radius 1 is 0.920 bits per heavy atom. The molecular weight excluding hydrogens is 304 g/mol. The molecule has 0 N–H and O–H groups in total. The highest BCUT2D eigenvalue weighted by Gasteiger charge is 2.53. The van der Waals surface area contributed by atoms with Crippen molar-refractivity contribution in [3.8, 4) is 11.3 Å². The molecule has 2 aromatic carbocycles. The van der Waals surface area contributed by atoms with E-state index in [0.29, 0.717) is 0 Å². The van der Waals surface area contributed by atoms with Gasteiger partial charge < -0.3 is 0 Å². The Morgan fingerprint density at radius 2 is 1.68 bits per heavy atom. The van der Waals surface area contributed by atoms with Crippen LogP contribution in [0, 0.1) is 17.8 Å². The van der Waals surface area contributed by atoms with E-state index in [1.54, 1.807) is 0 Å². The molecule has 2 saturated carbocycles. The standard InChI is InChI=1S/C23H24N2/c1-15-12-18-13-17(15)14-23(18,2)22-24-20-11-7-6-10-19(20)21(25-22)16-8-4-3-5-9-16/h3-11,15,17-18H,12-14H2,1-2H3/t15?,17-,18+,23?/m0/s1. The van der Waals surface area contributed by atoms with Crippen molar-refractivity contribution in [1.82, 2.24) is 9.97 Å². The van der Waals surface area contributed by atoms with Crippen molar-refractivity contribution in [2.24, 2.45) is 17.8 Å². The van der Waals surface area contributed by atoms with Gasteiger partial charge in [-0.15, -0.1) is 0 Å². The minimum absolute atomic E-state index is 0.130. The quantitative estimate of drug-likeness (QED) is 0.610. The van der Waals surface area contributed by atoms with E-state index in [4.69, 9.17) is 9.97 Å². The second kappa shape index (κ2) is 5.39. The third-order valence-corrected chi connectivity index (χ3v) is 6.80. The summed E-state index contributed by atoms with van der Waals surface area (Å²) in [7, 11) is 0. The number of benzene rings is 2. The molecule has 5 rings (SSSR count). The number of aromatic nitrogens is 2. The van der Waals surface area contributed by atoms with Crippen molar-refractivity contribution in [3.05, 3.63) is 60.4 Å². The van der Waals surface area contributed by atoms with Crippen molar-refractivity contribution in [2.45, 2.75) is 38.5 Å². The largest absolute Gasteiger partial charge is 0.232 e. The molecule has 0 aliphatic heterocycles. The lowest BCUT2D eigenvalue weighted by atomic mass is 9.71. The molecule has 0 radical (unpaired) electrons. The van der Waals surface area contributed by atoms with E-state index in [2.05, 4.69) is 68.4 Å². The first kappa shape index (κ1) is 15.1. The maximum Gasteiger partial charge on any atom is 0.135 e. The molecule has 4 atom stereocenters. The number of nitrogens with zero attached hydrogens (tertiary/aromatic N) is 2. The molecule has 1 aromatic heterocycles. The van der Waals surface area contributed by atoms with Crippen molar-refractivity contribution >= 4 is 10.9 Å². The molecule has 25 heavy (non-hydrogen) atoms. The highest BCUT2D eigenvalue weighted by Crippen LogP contribution is 2.58. The van der Waals surface area contributed by atoms with Gasteiger partial charge in [0, 0.05) is 16.4 Å². The van der Waals surface area contributed by atoms with E-state index in [0.717, 1.165) is 40.2 Å². The van der Waals surface area contributed by atoms with E-state index in [1.807, 2.05) is 0 Å². The zero-order chi connectivity index (χ0) is 17.0. The number of para-hydroxylation sites is 1. The van der Waals surface area contributed by atoms with Crippen molar-refractivity contribution < 1.29 is 0 Å². The summed E-state index contributed by atoms with van der Waals surface area (Å²) < 4.78 is 0. The van der Waals surface area contributed by atoms with Crippen LogP contribution in [0.3, 0.4) is 0 Å². The smallest absolute Gasteiger partial charge is 0.135 e. The van der Waals surface area contributed by atoms with Crippen LogP contribution in [0.2, 0.25) is 0 Å². The van der Waals surface area contributed by atoms with Gasteiger partial charge in [-0.1, -0.05) is 62.4 Å². The molecule has 0 saturated heterocycles. The van der Waals surface area contributed by atoms with Crippen molar-refractivity contribution in [1.29, 1.82) is 0 Å². The molecule has 2 aliphatic carbocycles. The molecule has 2 unspecified atom stereocenters. The van der Waals surface area contributed by atoms with Gasteiger partial charge in [0.05, 0.1) is 11.2 Å². The van der Waals surface area contributed by atoms with Crippen molar-refractivity contribution in [2.75, 3.05) is 0 Å². The van der Waals surface area contributed by atoms with Crippen LogP contribution in [-0.2, 0) is 5.41 Å². The second-order valence-electron chi connectivity index (χ2n) is 8.31. The number of hydrogen-bond acceptors (Lipinski definition) is 2. The Hall–Kier alpha value is -2.22.